The first kappa shape index (κ1) is 9.71. The third-order valence-corrected chi connectivity index (χ3v) is 1.99. The zero-order chi connectivity index (χ0) is 8.65. The van der Waals surface area contributed by atoms with E-state index in [9.17, 15) is 0 Å². The summed E-state index contributed by atoms with van der Waals surface area (Å²) in [4.78, 5) is 0. The van der Waals surface area contributed by atoms with Crippen molar-refractivity contribution in [2.24, 2.45) is 0 Å². The van der Waals surface area contributed by atoms with Gasteiger partial charge in [-0.25, -0.2) is 0 Å². The number of rotatable bonds is 0. The summed E-state index contributed by atoms with van der Waals surface area (Å²) in [5.74, 6) is 0. The molecule has 2 heterocycles. The van der Waals surface area contributed by atoms with Gasteiger partial charge in [0.15, 0.2) is 0 Å². The van der Waals surface area contributed by atoms with Crippen LogP contribution in [0.4, 0.5) is 0 Å². The standard InChI is InChI=1S/C5H9NO.C4H9N.H2/c7-6-4-2-1-3-5-6;1-2-4-5-3-1;/h1-2,7H,3-5H2;5H,1-4H2;1H. The Morgan fingerprint density at radius 3 is 2.25 bits per heavy atom. The second kappa shape index (κ2) is 6.17. The summed E-state index contributed by atoms with van der Waals surface area (Å²) in [5, 5.41) is 13.2. The fourth-order valence-corrected chi connectivity index (χ4v) is 1.25. The molecule has 0 unspecified atom stereocenters. The minimum atomic E-state index is 0. The molecule has 0 saturated carbocycles. The number of hydroxylamine groups is 2. The molecular formula is C9H20N2O. The van der Waals surface area contributed by atoms with Gasteiger partial charge >= 0.3 is 0 Å². The van der Waals surface area contributed by atoms with Gasteiger partial charge in [0.1, 0.15) is 0 Å². The summed E-state index contributed by atoms with van der Waals surface area (Å²) >= 11 is 0. The molecule has 0 aromatic rings. The molecule has 0 aromatic heterocycles. The predicted octanol–water partition coefficient (Wildman–Crippen LogP) is 1.25. The molecule has 0 spiro atoms. The number of nitrogens with zero attached hydrogens (tertiary/aromatic N) is 1. The molecule has 1 fully saturated rings. The average Bonchev–Trinajstić information content (AvgIpc) is 2.62. The molecular weight excluding hydrogens is 152 g/mol. The highest BCUT2D eigenvalue weighted by atomic mass is 16.5. The molecule has 2 aliphatic rings. The topological polar surface area (TPSA) is 35.5 Å². The van der Waals surface area contributed by atoms with Crippen molar-refractivity contribution in [3.8, 4) is 0 Å². The van der Waals surface area contributed by atoms with Gasteiger partial charge in [-0.3, -0.25) is 0 Å². The van der Waals surface area contributed by atoms with E-state index < -0.39 is 0 Å². The number of nitrogens with one attached hydrogen (secondary N) is 1. The Morgan fingerprint density at radius 2 is 2.00 bits per heavy atom. The molecule has 2 rings (SSSR count). The molecule has 0 bridgehead atoms. The van der Waals surface area contributed by atoms with Gasteiger partial charge in [-0.15, -0.1) is 0 Å². The van der Waals surface area contributed by atoms with E-state index in [2.05, 4.69) is 11.4 Å². The molecule has 0 aliphatic carbocycles. The van der Waals surface area contributed by atoms with E-state index in [0.717, 1.165) is 13.0 Å². The van der Waals surface area contributed by atoms with E-state index in [1.54, 1.807) is 0 Å². The maximum absolute atomic E-state index is 8.69. The van der Waals surface area contributed by atoms with Crippen LogP contribution in [0.5, 0.6) is 0 Å². The van der Waals surface area contributed by atoms with Crippen LogP contribution in [-0.4, -0.2) is 36.4 Å². The minimum absolute atomic E-state index is 0. The first-order valence-corrected chi connectivity index (χ1v) is 4.69. The second-order valence-electron chi connectivity index (χ2n) is 3.13. The van der Waals surface area contributed by atoms with Gasteiger partial charge in [-0.1, -0.05) is 12.2 Å². The number of hydrogen-bond acceptors (Lipinski definition) is 3. The fraction of sp³-hybridized carbons (Fsp3) is 0.778. The van der Waals surface area contributed by atoms with Crippen molar-refractivity contribution in [2.75, 3.05) is 26.2 Å². The second-order valence-corrected chi connectivity index (χ2v) is 3.13. The Morgan fingerprint density at radius 1 is 1.25 bits per heavy atom. The molecule has 0 amide bonds. The quantitative estimate of drug-likeness (QED) is 0.540. The largest absolute Gasteiger partial charge is 0.317 e. The molecule has 3 nitrogen and oxygen atoms in total. The van der Waals surface area contributed by atoms with Crippen molar-refractivity contribution in [3.05, 3.63) is 12.2 Å². The van der Waals surface area contributed by atoms with Crippen molar-refractivity contribution in [2.45, 2.75) is 19.3 Å². The summed E-state index contributed by atoms with van der Waals surface area (Å²) in [6.45, 7) is 3.98. The van der Waals surface area contributed by atoms with E-state index in [0.29, 0.717) is 6.54 Å². The lowest BCUT2D eigenvalue weighted by Gasteiger charge is -2.13. The highest BCUT2D eigenvalue weighted by molar-refractivity contribution is 4.87. The normalized spacial score (nSPS) is 23.4. The third-order valence-electron chi connectivity index (χ3n) is 1.99. The molecule has 2 N–H and O–H groups in total. The van der Waals surface area contributed by atoms with Gasteiger partial charge in [0.05, 0.1) is 0 Å². The Labute approximate surface area is 75.5 Å². The van der Waals surface area contributed by atoms with Gasteiger partial charge in [0.2, 0.25) is 0 Å². The molecule has 0 aromatic carbocycles. The monoisotopic (exact) mass is 172 g/mol. The third kappa shape index (κ3) is 4.49. The van der Waals surface area contributed by atoms with Crippen LogP contribution < -0.4 is 5.32 Å². The Balaban J connectivity index is 0.000000215. The minimum Gasteiger partial charge on any atom is -0.317 e. The maximum atomic E-state index is 8.69. The highest BCUT2D eigenvalue weighted by Gasteiger charge is 1.97. The highest BCUT2D eigenvalue weighted by Crippen LogP contribution is 1.95. The zero-order valence-corrected chi connectivity index (χ0v) is 7.50. The molecule has 3 heteroatoms. The molecule has 72 valence electrons. The van der Waals surface area contributed by atoms with Crippen LogP contribution in [0, 0.1) is 0 Å². The smallest absolute Gasteiger partial charge is 0.0419 e. The number of hydrogen-bond donors (Lipinski definition) is 2. The van der Waals surface area contributed by atoms with Gasteiger partial charge in [-0.05, 0) is 32.4 Å². The molecule has 1 saturated heterocycles. The lowest BCUT2D eigenvalue weighted by molar-refractivity contribution is -0.0816. The van der Waals surface area contributed by atoms with Crippen molar-refractivity contribution in [3.63, 3.8) is 0 Å². The van der Waals surface area contributed by atoms with Crippen molar-refractivity contribution < 1.29 is 6.63 Å². The van der Waals surface area contributed by atoms with Gasteiger partial charge in [0.25, 0.3) is 0 Å². The first-order valence-electron chi connectivity index (χ1n) is 4.69. The summed E-state index contributed by atoms with van der Waals surface area (Å²) < 4.78 is 0. The van der Waals surface area contributed by atoms with E-state index in [1.807, 2.05) is 6.08 Å². The SMILES string of the molecule is C1CCNC1.ON1CC=CCC1.[HH]. The van der Waals surface area contributed by atoms with Crippen LogP contribution in [-0.2, 0) is 0 Å². The van der Waals surface area contributed by atoms with Crippen LogP contribution in [0.3, 0.4) is 0 Å². The van der Waals surface area contributed by atoms with E-state index in [1.165, 1.54) is 31.0 Å². The van der Waals surface area contributed by atoms with Crippen LogP contribution in [0.2, 0.25) is 0 Å². The lowest BCUT2D eigenvalue weighted by atomic mass is 10.3. The van der Waals surface area contributed by atoms with Gasteiger partial charge in [-0.2, -0.15) is 5.06 Å². The summed E-state index contributed by atoms with van der Waals surface area (Å²) in [5.41, 5.74) is 0. The maximum Gasteiger partial charge on any atom is 0.0419 e. The summed E-state index contributed by atoms with van der Waals surface area (Å²) in [7, 11) is 0. The molecule has 2 aliphatic heterocycles. The van der Waals surface area contributed by atoms with Crippen molar-refractivity contribution in [1.29, 1.82) is 0 Å². The van der Waals surface area contributed by atoms with Crippen LogP contribution in [0.25, 0.3) is 0 Å². The zero-order valence-electron chi connectivity index (χ0n) is 7.50. The van der Waals surface area contributed by atoms with Crippen LogP contribution in [0.15, 0.2) is 12.2 Å². The fourth-order valence-electron chi connectivity index (χ4n) is 1.25. The summed E-state index contributed by atoms with van der Waals surface area (Å²) in [6.07, 6.45) is 7.80. The molecule has 0 atom stereocenters. The Kier molecular flexibility index (Phi) is 4.99. The summed E-state index contributed by atoms with van der Waals surface area (Å²) in [6, 6.07) is 0. The van der Waals surface area contributed by atoms with E-state index >= 15 is 0 Å². The van der Waals surface area contributed by atoms with Crippen LogP contribution in [0.1, 0.15) is 20.7 Å². The predicted molar refractivity (Wildman–Crippen MR) is 51.3 cm³/mol. The van der Waals surface area contributed by atoms with Gasteiger partial charge in [0, 0.05) is 14.5 Å². The van der Waals surface area contributed by atoms with E-state index in [4.69, 9.17) is 5.21 Å². The molecule has 12 heavy (non-hydrogen) atoms. The first-order chi connectivity index (χ1) is 5.89. The lowest BCUT2D eigenvalue weighted by Crippen LogP contribution is -2.22. The molecule has 0 radical (unpaired) electrons. The Bertz CT molecular complexity index is 130. The van der Waals surface area contributed by atoms with Crippen molar-refractivity contribution >= 4 is 0 Å². The van der Waals surface area contributed by atoms with Gasteiger partial charge < -0.3 is 10.5 Å². The van der Waals surface area contributed by atoms with Crippen molar-refractivity contribution in [1.82, 2.24) is 10.4 Å². The van der Waals surface area contributed by atoms with E-state index in [-0.39, 0.29) is 1.43 Å². The Hall–Kier alpha value is -0.380. The average molecular weight is 172 g/mol. The van der Waals surface area contributed by atoms with Crippen LogP contribution >= 0.6 is 0 Å².